The molecule has 0 aliphatic rings. The van der Waals surface area contributed by atoms with E-state index >= 15 is 0 Å². The quantitative estimate of drug-likeness (QED) is 0.895. The van der Waals surface area contributed by atoms with Crippen LogP contribution in [0.3, 0.4) is 0 Å². The third-order valence-electron chi connectivity index (χ3n) is 2.89. The lowest BCUT2D eigenvalue weighted by Gasteiger charge is -2.18. The van der Waals surface area contributed by atoms with E-state index < -0.39 is 0 Å². The van der Waals surface area contributed by atoms with E-state index in [0.29, 0.717) is 5.69 Å². The molecule has 18 heavy (non-hydrogen) atoms. The second-order valence-corrected chi connectivity index (χ2v) is 4.49. The number of nitrogens with zero attached hydrogens (tertiary/aromatic N) is 2. The van der Waals surface area contributed by atoms with E-state index in [1.807, 2.05) is 25.2 Å². The molecular formula is C15H18N2O. The molecule has 0 unspecified atom stereocenters. The Balaban J connectivity index is 2.11. The van der Waals surface area contributed by atoms with Crippen molar-refractivity contribution >= 4 is 5.82 Å². The van der Waals surface area contributed by atoms with E-state index in [1.54, 1.807) is 0 Å². The van der Waals surface area contributed by atoms with Crippen LogP contribution in [0.15, 0.2) is 42.5 Å². The first-order valence-electron chi connectivity index (χ1n) is 6.02. The summed E-state index contributed by atoms with van der Waals surface area (Å²) < 4.78 is 0. The predicted molar refractivity (Wildman–Crippen MR) is 73.4 cm³/mol. The van der Waals surface area contributed by atoms with Gasteiger partial charge in [0.2, 0.25) is 0 Å². The number of rotatable bonds is 4. The number of aromatic nitrogens is 1. The maximum Gasteiger partial charge on any atom is 0.128 e. The highest BCUT2D eigenvalue weighted by Gasteiger charge is 2.04. The first-order valence-corrected chi connectivity index (χ1v) is 6.02. The van der Waals surface area contributed by atoms with Crippen molar-refractivity contribution in [1.82, 2.24) is 4.98 Å². The van der Waals surface area contributed by atoms with Gasteiger partial charge in [0, 0.05) is 13.6 Å². The lowest BCUT2D eigenvalue weighted by Crippen LogP contribution is -2.18. The van der Waals surface area contributed by atoms with E-state index in [-0.39, 0.29) is 6.61 Å². The van der Waals surface area contributed by atoms with E-state index in [9.17, 15) is 0 Å². The Morgan fingerprint density at radius 3 is 2.50 bits per heavy atom. The molecule has 0 spiro atoms. The molecule has 0 amide bonds. The third-order valence-corrected chi connectivity index (χ3v) is 2.89. The second-order valence-electron chi connectivity index (χ2n) is 4.49. The average molecular weight is 242 g/mol. The zero-order chi connectivity index (χ0) is 13.0. The summed E-state index contributed by atoms with van der Waals surface area (Å²) in [6.07, 6.45) is 0. The van der Waals surface area contributed by atoms with Crippen LogP contribution in [-0.2, 0) is 13.2 Å². The van der Waals surface area contributed by atoms with Gasteiger partial charge in [-0.2, -0.15) is 0 Å². The Bertz CT molecular complexity index is 508. The van der Waals surface area contributed by atoms with Crippen LogP contribution in [0.5, 0.6) is 0 Å². The third kappa shape index (κ3) is 3.08. The predicted octanol–water partition coefficient (Wildman–Crippen LogP) is 2.52. The topological polar surface area (TPSA) is 36.4 Å². The molecule has 0 saturated carbocycles. The normalized spacial score (nSPS) is 10.4. The number of aliphatic hydroxyl groups is 1. The van der Waals surface area contributed by atoms with Gasteiger partial charge in [0.1, 0.15) is 5.82 Å². The van der Waals surface area contributed by atoms with Crippen molar-refractivity contribution in [2.24, 2.45) is 0 Å². The molecule has 1 aromatic heterocycles. The molecule has 0 atom stereocenters. The minimum Gasteiger partial charge on any atom is -0.390 e. The highest BCUT2D eigenvalue weighted by Crippen LogP contribution is 2.13. The number of benzene rings is 1. The van der Waals surface area contributed by atoms with Gasteiger partial charge in [-0.25, -0.2) is 4.98 Å². The van der Waals surface area contributed by atoms with E-state index in [1.165, 1.54) is 11.1 Å². The summed E-state index contributed by atoms with van der Waals surface area (Å²) in [7, 11) is 2.00. The van der Waals surface area contributed by atoms with E-state index in [4.69, 9.17) is 5.11 Å². The van der Waals surface area contributed by atoms with Gasteiger partial charge in [-0.3, -0.25) is 0 Å². The molecule has 0 aliphatic heterocycles. The van der Waals surface area contributed by atoms with Crippen molar-refractivity contribution in [3.05, 3.63) is 59.3 Å². The van der Waals surface area contributed by atoms with Crippen molar-refractivity contribution < 1.29 is 5.11 Å². The Morgan fingerprint density at radius 1 is 1.11 bits per heavy atom. The number of aliphatic hydroxyl groups excluding tert-OH is 1. The molecule has 1 N–H and O–H groups in total. The molecule has 0 saturated heterocycles. The smallest absolute Gasteiger partial charge is 0.128 e. The Kier molecular flexibility index (Phi) is 3.95. The number of anilines is 1. The summed E-state index contributed by atoms with van der Waals surface area (Å²) in [5.74, 6) is 0.877. The fourth-order valence-electron chi connectivity index (χ4n) is 1.82. The largest absolute Gasteiger partial charge is 0.390 e. The molecular weight excluding hydrogens is 224 g/mol. The van der Waals surface area contributed by atoms with Gasteiger partial charge in [0.25, 0.3) is 0 Å². The Labute approximate surface area is 108 Å². The van der Waals surface area contributed by atoms with Crippen LogP contribution in [-0.4, -0.2) is 17.1 Å². The number of hydrogen-bond donors (Lipinski definition) is 1. The van der Waals surface area contributed by atoms with Crippen LogP contribution in [0.2, 0.25) is 0 Å². The van der Waals surface area contributed by atoms with Crippen LogP contribution in [0.25, 0.3) is 0 Å². The number of hydrogen-bond acceptors (Lipinski definition) is 3. The van der Waals surface area contributed by atoms with Crippen LogP contribution in [0.4, 0.5) is 5.82 Å². The van der Waals surface area contributed by atoms with Crippen LogP contribution in [0.1, 0.15) is 16.8 Å². The zero-order valence-corrected chi connectivity index (χ0v) is 10.8. The van der Waals surface area contributed by atoms with Crippen molar-refractivity contribution in [2.45, 2.75) is 20.1 Å². The van der Waals surface area contributed by atoms with Crippen LogP contribution < -0.4 is 4.90 Å². The van der Waals surface area contributed by atoms with Crippen molar-refractivity contribution in [3.63, 3.8) is 0 Å². The summed E-state index contributed by atoms with van der Waals surface area (Å²) in [5.41, 5.74) is 3.21. The average Bonchev–Trinajstić information content (AvgIpc) is 2.41. The molecule has 0 fully saturated rings. The second kappa shape index (κ2) is 5.65. The summed E-state index contributed by atoms with van der Waals surface area (Å²) in [6.45, 7) is 2.87. The van der Waals surface area contributed by atoms with Crippen LogP contribution in [0, 0.1) is 6.92 Å². The lowest BCUT2D eigenvalue weighted by atomic mass is 10.1. The molecule has 0 aliphatic carbocycles. The fourth-order valence-corrected chi connectivity index (χ4v) is 1.82. The number of aryl methyl sites for hydroxylation is 1. The van der Waals surface area contributed by atoms with E-state index in [0.717, 1.165) is 12.4 Å². The van der Waals surface area contributed by atoms with Gasteiger partial charge in [-0.1, -0.05) is 35.9 Å². The maximum atomic E-state index is 9.08. The molecule has 94 valence electrons. The van der Waals surface area contributed by atoms with Crippen molar-refractivity contribution in [2.75, 3.05) is 11.9 Å². The van der Waals surface area contributed by atoms with Gasteiger partial charge in [0.15, 0.2) is 0 Å². The van der Waals surface area contributed by atoms with E-state index in [2.05, 4.69) is 41.1 Å². The molecule has 1 heterocycles. The molecule has 3 heteroatoms. The lowest BCUT2D eigenvalue weighted by molar-refractivity contribution is 0.277. The monoisotopic (exact) mass is 242 g/mol. The van der Waals surface area contributed by atoms with Gasteiger partial charge in [0.05, 0.1) is 12.3 Å². The van der Waals surface area contributed by atoms with Gasteiger partial charge in [-0.15, -0.1) is 0 Å². The highest BCUT2D eigenvalue weighted by atomic mass is 16.3. The maximum absolute atomic E-state index is 9.08. The van der Waals surface area contributed by atoms with Gasteiger partial charge in [-0.05, 0) is 24.6 Å². The van der Waals surface area contributed by atoms with Crippen molar-refractivity contribution in [1.29, 1.82) is 0 Å². The van der Waals surface area contributed by atoms with Crippen LogP contribution >= 0.6 is 0 Å². The van der Waals surface area contributed by atoms with Gasteiger partial charge < -0.3 is 10.0 Å². The van der Waals surface area contributed by atoms with Crippen molar-refractivity contribution in [3.8, 4) is 0 Å². The van der Waals surface area contributed by atoms with Gasteiger partial charge >= 0.3 is 0 Å². The number of pyridine rings is 1. The molecule has 0 radical (unpaired) electrons. The summed E-state index contributed by atoms with van der Waals surface area (Å²) >= 11 is 0. The first kappa shape index (κ1) is 12.6. The molecule has 2 rings (SSSR count). The first-order chi connectivity index (χ1) is 8.69. The molecule has 0 bridgehead atoms. The standard InChI is InChI=1S/C15H18N2O/c1-12-6-8-13(9-7-12)10-17(2)15-5-3-4-14(11-18)16-15/h3-9,18H,10-11H2,1-2H3. The summed E-state index contributed by atoms with van der Waals surface area (Å²) in [5, 5.41) is 9.08. The minimum atomic E-state index is -0.0216. The molecule has 3 nitrogen and oxygen atoms in total. The zero-order valence-electron chi connectivity index (χ0n) is 10.8. The molecule has 2 aromatic rings. The SMILES string of the molecule is Cc1ccc(CN(C)c2cccc(CO)n2)cc1. The molecule has 1 aromatic carbocycles. The minimum absolute atomic E-state index is 0.0216. The Hall–Kier alpha value is -1.87. The fraction of sp³-hybridized carbons (Fsp3) is 0.267. The Morgan fingerprint density at radius 2 is 1.83 bits per heavy atom. The summed E-state index contributed by atoms with van der Waals surface area (Å²) in [4.78, 5) is 6.45. The summed E-state index contributed by atoms with van der Waals surface area (Å²) in [6, 6.07) is 14.2. The highest BCUT2D eigenvalue weighted by molar-refractivity contribution is 5.39.